The van der Waals surface area contributed by atoms with E-state index in [9.17, 15) is 14.4 Å². The van der Waals surface area contributed by atoms with Crippen molar-refractivity contribution >= 4 is 17.9 Å². The van der Waals surface area contributed by atoms with Crippen molar-refractivity contribution in [3.05, 3.63) is 0 Å². The van der Waals surface area contributed by atoms with Crippen molar-refractivity contribution in [2.24, 2.45) is 5.92 Å². The molecule has 0 amide bonds. The van der Waals surface area contributed by atoms with Crippen molar-refractivity contribution in [1.29, 1.82) is 0 Å². The molecule has 0 aliphatic rings. The summed E-state index contributed by atoms with van der Waals surface area (Å²) in [7, 11) is 0. The van der Waals surface area contributed by atoms with E-state index in [0.717, 1.165) is 70.1 Å². The molecule has 0 spiro atoms. The molecule has 56 heavy (non-hydrogen) atoms. The second-order valence-electron chi connectivity index (χ2n) is 17.6. The van der Waals surface area contributed by atoms with Crippen molar-refractivity contribution < 1.29 is 28.6 Å². The fourth-order valence-electron chi connectivity index (χ4n) is 7.51. The second-order valence-corrected chi connectivity index (χ2v) is 17.6. The Kier molecular flexibility index (Phi) is 43.2. The Morgan fingerprint density at radius 3 is 0.875 bits per heavy atom. The predicted molar refractivity (Wildman–Crippen MR) is 238 cm³/mol. The molecule has 1 atom stereocenters. The molecule has 0 aliphatic heterocycles. The van der Waals surface area contributed by atoms with E-state index in [1.807, 2.05) is 0 Å². The van der Waals surface area contributed by atoms with E-state index >= 15 is 0 Å². The van der Waals surface area contributed by atoms with Gasteiger partial charge in [-0.1, -0.05) is 240 Å². The smallest absolute Gasteiger partial charge is 0.306 e. The van der Waals surface area contributed by atoms with E-state index in [2.05, 4.69) is 27.7 Å². The summed E-state index contributed by atoms with van der Waals surface area (Å²) >= 11 is 0. The molecule has 0 saturated heterocycles. The molecular formula is C50H96O6. The molecular weight excluding hydrogens is 697 g/mol. The Balaban J connectivity index is 4.10. The molecule has 0 rings (SSSR count). The van der Waals surface area contributed by atoms with Gasteiger partial charge in [0.1, 0.15) is 13.2 Å². The Bertz CT molecular complexity index is 841. The normalized spacial score (nSPS) is 11.9. The predicted octanol–water partition coefficient (Wildman–Crippen LogP) is 15.9. The van der Waals surface area contributed by atoms with E-state index in [1.54, 1.807) is 0 Å². The third-order valence-electron chi connectivity index (χ3n) is 11.3. The number of hydrogen-bond acceptors (Lipinski definition) is 6. The maximum atomic E-state index is 12.7. The first kappa shape index (κ1) is 54.4. The third-order valence-corrected chi connectivity index (χ3v) is 11.3. The van der Waals surface area contributed by atoms with Gasteiger partial charge in [-0.05, 0) is 25.2 Å². The van der Waals surface area contributed by atoms with Crippen molar-refractivity contribution in [3.8, 4) is 0 Å². The molecule has 0 unspecified atom stereocenters. The lowest BCUT2D eigenvalue weighted by Gasteiger charge is -2.18. The highest BCUT2D eigenvalue weighted by Gasteiger charge is 2.19. The van der Waals surface area contributed by atoms with Gasteiger partial charge in [0.15, 0.2) is 6.10 Å². The molecule has 0 radical (unpaired) electrons. The third kappa shape index (κ3) is 43.5. The fourth-order valence-corrected chi connectivity index (χ4v) is 7.51. The monoisotopic (exact) mass is 793 g/mol. The number of unbranched alkanes of at least 4 members (excludes halogenated alkanes) is 32. The molecule has 6 heteroatoms. The van der Waals surface area contributed by atoms with Crippen LogP contribution >= 0.6 is 0 Å². The molecule has 0 heterocycles. The zero-order valence-corrected chi connectivity index (χ0v) is 38.1. The Morgan fingerprint density at radius 2 is 0.589 bits per heavy atom. The van der Waals surface area contributed by atoms with E-state index in [4.69, 9.17) is 14.2 Å². The molecule has 0 bridgehead atoms. The minimum atomic E-state index is -0.758. The highest BCUT2D eigenvalue weighted by atomic mass is 16.6. The molecule has 0 aliphatic carbocycles. The van der Waals surface area contributed by atoms with Crippen LogP contribution in [0.5, 0.6) is 0 Å². The van der Waals surface area contributed by atoms with Crippen molar-refractivity contribution in [3.63, 3.8) is 0 Å². The van der Waals surface area contributed by atoms with Gasteiger partial charge >= 0.3 is 17.9 Å². The van der Waals surface area contributed by atoms with E-state index in [0.29, 0.717) is 19.3 Å². The summed E-state index contributed by atoms with van der Waals surface area (Å²) in [5, 5.41) is 0. The molecule has 0 aromatic rings. The van der Waals surface area contributed by atoms with Gasteiger partial charge in [-0.15, -0.1) is 0 Å². The fraction of sp³-hybridized carbons (Fsp3) is 0.940. The van der Waals surface area contributed by atoms with Gasteiger partial charge < -0.3 is 14.2 Å². The topological polar surface area (TPSA) is 78.9 Å². The van der Waals surface area contributed by atoms with Crippen LogP contribution in [0.1, 0.15) is 278 Å². The summed E-state index contributed by atoms with van der Waals surface area (Å²) in [5.41, 5.74) is 0. The minimum absolute atomic E-state index is 0.0640. The molecule has 0 fully saturated rings. The van der Waals surface area contributed by atoms with E-state index in [-0.39, 0.29) is 31.1 Å². The van der Waals surface area contributed by atoms with Crippen LogP contribution < -0.4 is 0 Å². The lowest BCUT2D eigenvalue weighted by molar-refractivity contribution is -0.167. The number of rotatable bonds is 45. The van der Waals surface area contributed by atoms with Gasteiger partial charge in [0, 0.05) is 19.3 Å². The number of carbonyl (C=O) groups is 3. The first-order valence-electron chi connectivity index (χ1n) is 24.9. The molecule has 0 aromatic carbocycles. The summed E-state index contributed by atoms with van der Waals surface area (Å²) in [5.74, 6) is -0.00858. The zero-order chi connectivity index (χ0) is 41.0. The zero-order valence-electron chi connectivity index (χ0n) is 38.1. The largest absolute Gasteiger partial charge is 0.462 e. The Morgan fingerprint density at radius 1 is 0.339 bits per heavy atom. The highest BCUT2D eigenvalue weighted by molar-refractivity contribution is 5.71. The van der Waals surface area contributed by atoms with E-state index in [1.165, 1.54) is 167 Å². The van der Waals surface area contributed by atoms with Crippen LogP contribution in [0.4, 0.5) is 0 Å². The minimum Gasteiger partial charge on any atom is -0.462 e. The van der Waals surface area contributed by atoms with Gasteiger partial charge in [-0.25, -0.2) is 0 Å². The average molecular weight is 793 g/mol. The van der Waals surface area contributed by atoms with Crippen molar-refractivity contribution in [2.75, 3.05) is 13.2 Å². The maximum Gasteiger partial charge on any atom is 0.306 e. The molecule has 0 aromatic heterocycles. The van der Waals surface area contributed by atoms with Crippen LogP contribution in [0.15, 0.2) is 0 Å². The second kappa shape index (κ2) is 44.5. The van der Waals surface area contributed by atoms with Crippen LogP contribution in [0.25, 0.3) is 0 Å². The Labute approximate surface area is 348 Å². The summed E-state index contributed by atoms with van der Waals surface area (Å²) in [6.07, 6.45) is 45.5. The quantitative estimate of drug-likeness (QED) is 0.0347. The first-order valence-corrected chi connectivity index (χ1v) is 24.9. The SMILES string of the molecule is CCCCCCCCCCCCCCCCC(=O)O[C@@H](COC(=O)CCCCCCC)COC(=O)CCCCCCCCCCCCCCCCCCC(C)C. The molecule has 0 saturated carbocycles. The van der Waals surface area contributed by atoms with Gasteiger partial charge in [0.05, 0.1) is 0 Å². The standard InChI is InChI=1S/C50H96O6/c1-5-7-9-11-12-13-14-15-21-25-28-31-35-39-43-50(53)56-47(44-54-48(51)41-37-32-10-8-6-2)45-55-49(52)42-38-34-30-27-24-22-19-17-16-18-20-23-26-29-33-36-40-46(3)4/h46-47H,5-45H2,1-4H3/t47-/m0/s1. The molecule has 6 nitrogen and oxygen atoms in total. The van der Waals surface area contributed by atoms with Crippen LogP contribution in [-0.2, 0) is 28.6 Å². The summed E-state index contributed by atoms with van der Waals surface area (Å²) in [4.78, 5) is 37.6. The molecule has 332 valence electrons. The maximum absolute atomic E-state index is 12.7. The molecule has 0 N–H and O–H groups in total. The van der Waals surface area contributed by atoms with Crippen molar-refractivity contribution in [1.82, 2.24) is 0 Å². The average Bonchev–Trinajstić information content (AvgIpc) is 3.18. The highest BCUT2D eigenvalue weighted by Crippen LogP contribution is 2.17. The lowest BCUT2D eigenvalue weighted by Crippen LogP contribution is -2.30. The number of ether oxygens (including phenoxy) is 3. The Hall–Kier alpha value is -1.59. The lowest BCUT2D eigenvalue weighted by atomic mass is 10.0. The number of carbonyl (C=O) groups excluding carboxylic acids is 3. The van der Waals surface area contributed by atoms with Crippen molar-refractivity contribution in [2.45, 2.75) is 284 Å². The van der Waals surface area contributed by atoms with Crippen LogP contribution in [-0.4, -0.2) is 37.2 Å². The summed E-state index contributed by atoms with van der Waals surface area (Å²) in [6, 6.07) is 0. The number of hydrogen-bond donors (Lipinski definition) is 0. The van der Waals surface area contributed by atoms with Gasteiger partial charge in [-0.2, -0.15) is 0 Å². The number of esters is 3. The first-order chi connectivity index (χ1) is 27.4. The van der Waals surface area contributed by atoms with Crippen LogP contribution in [0, 0.1) is 5.92 Å². The summed E-state index contributed by atoms with van der Waals surface area (Å²) in [6.45, 7) is 8.96. The van der Waals surface area contributed by atoms with E-state index < -0.39 is 6.10 Å². The van der Waals surface area contributed by atoms with Crippen LogP contribution in [0.2, 0.25) is 0 Å². The van der Waals surface area contributed by atoms with Gasteiger partial charge in [0.2, 0.25) is 0 Å². The van der Waals surface area contributed by atoms with Gasteiger partial charge in [0.25, 0.3) is 0 Å². The van der Waals surface area contributed by atoms with Crippen LogP contribution in [0.3, 0.4) is 0 Å². The summed E-state index contributed by atoms with van der Waals surface area (Å²) < 4.78 is 16.7. The van der Waals surface area contributed by atoms with Gasteiger partial charge in [-0.3, -0.25) is 14.4 Å².